The fourth-order valence-corrected chi connectivity index (χ4v) is 4.75. The van der Waals surface area contributed by atoms with E-state index >= 15 is 0 Å². The van der Waals surface area contributed by atoms with Crippen LogP contribution in [0.3, 0.4) is 0 Å². The van der Waals surface area contributed by atoms with Crippen LogP contribution in [0.2, 0.25) is 0 Å². The van der Waals surface area contributed by atoms with Gasteiger partial charge in [0, 0.05) is 29.3 Å². The Morgan fingerprint density at radius 2 is 1.88 bits per heavy atom. The summed E-state index contributed by atoms with van der Waals surface area (Å²) < 4.78 is 5.71. The summed E-state index contributed by atoms with van der Waals surface area (Å²) in [5.41, 5.74) is 8.39. The van der Waals surface area contributed by atoms with Gasteiger partial charge in [0.1, 0.15) is 0 Å². The molecule has 1 aromatic carbocycles. The summed E-state index contributed by atoms with van der Waals surface area (Å²) in [6.07, 6.45) is 9.71. The topological polar surface area (TPSA) is 77.0 Å². The predicted octanol–water partition coefficient (Wildman–Crippen LogP) is 4.23. The molecule has 0 unspecified atom stereocenters. The first-order chi connectivity index (χ1) is 12.2. The minimum atomic E-state index is 0.152. The number of rotatable bonds is 5. The Kier molecular flexibility index (Phi) is 3.34. The molecule has 6 rings (SSSR count). The molecule has 25 heavy (non-hydrogen) atoms. The first kappa shape index (κ1) is 15.2. The lowest BCUT2D eigenvalue weighted by Crippen LogP contribution is -2.47. The number of nitrogen functional groups attached to an aromatic ring is 1. The van der Waals surface area contributed by atoms with Crippen molar-refractivity contribution < 1.29 is 4.52 Å². The molecule has 0 saturated heterocycles. The van der Waals surface area contributed by atoms with E-state index in [0.29, 0.717) is 11.3 Å². The number of hydrogen-bond acceptors (Lipinski definition) is 5. The summed E-state index contributed by atoms with van der Waals surface area (Å²) in [5, 5.41) is 7.87. The van der Waals surface area contributed by atoms with Gasteiger partial charge in [0.25, 0.3) is 0 Å². The van der Waals surface area contributed by atoms with E-state index in [-0.39, 0.29) is 5.41 Å². The van der Waals surface area contributed by atoms with Crippen molar-refractivity contribution in [1.82, 2.24) is 10.1 Å². The van der Waals surface area contributed by atoms with Crippen molar-refractivity contribution in [1.29, 1.82) is 0 Å². The van der Waals surface area contributed by atoms with Gasteiger partial charge in [-0.1, -0.05) is 11.2 Å². The van der Waals surface area contributed by atoms with Crippen LogP contribution < -0.4 is 11.1 Å². The van der Waals surface area contributed by atoms with Crippen LogP contribution in [0.4, 0.5) is 11.4 Å². The minimum Gasteiger partial charge on any atom is -0.399 e. The summed E-state index contributed by atoms with van der Waals surface area (Å²) >= 11 is 0. The van der Waals surface area contributed by atoms with Crippen LogP contribution in [0.1, 0.15) is 69.0 Å². The van der Waals surface area contributed by atoms with Gasteiger partial charge < -0.3 is 15.6 Å². The molecule has 0 radical (unpaired) electrons. The number of nitrogens with one attached hydrogen (secondary N) is 1. The highest BCUT2D eigenvalue weighted by Crippen LogP contribution is 2.57. The molecular weight excluding hydrogens is 312 g/mol. The number of anilines is 2. The fourth-order valence-electron chi connectivity index (χ4n) is 4.75. The molecule has 3 N–H and O–H groups in total. The van der Waals surface area contributed by atoms with Crippen LogP contribution in [0.25, 0.3) is 0 Å². The maximum absolute atomic E-state index is 5.89. The van der Waals surface area contributed by atoms with Crippen LogP contribution in [0.5, 0.6) is 0 Å². The Morgan fingerprint density at radius 1 is 1.12 bits per heavy atom. The van der Waals surface area contributed by atoms with Gasteiger partial charge in [-0.05, 0) is 75.0 Å². The average Bonchev–Trinajstić information content (AvgIpc) is 3.38. The molecule has 2 bridgehead atoms. The predicted molar refractivity (Wildman–Crippen MR) is 97.4 cm³/mol. The molecule has 4 aliphatic carbocycles. The Balaban J connectivity index is 1.26. The van der Waals surface area contributed by atoms with Crippen LogP contribution in [-0.2, 0) is 5.41 Å². The third kappa shape index (κ3) is 2.70. The van der Waals surface area contributed by atoms with E-state index in [2.05, 4.69) is 16.5 Å². The van der Waals surface area contributed by atoms with E-state index in [0.717, 1.165) is 29.6 Å². The van der Waals surface area contributed by atoms with Gasteiger partial charge in [-0.2, -0.15) is 4.98 Å². The lowest BCUT2D eigenvalue weighted by atomic mass is 9.53. The second-order valence-corrected chi connectivity index (χ2v) is 8.49. The van der Waals surface area contributed by atoms with Gasteiger partial charge in [0.05, 0.1) is 0 Å². The van der Waals surface area contributed by atoms with Crippen molar-refractivity contribution in [2.75, 3.05) is 17.6 Å². The molecule has 0 amide bonds. The standard InChI is InChI=1S/C20H26N4O/c21-15-2-1-3-16(12-15)22-13-19-6-9-20(10-7-19,11-8-19)18-23-17(24-25-18)14-4-5-14/h1-3,12,14,22H,4-11,13,21H2. The van der Waals surface area contributed by atoms with E-state index in [9.17, 15) is 0 Å². The van der Waals surface area contributed by atoms with Crippen LogP contribution in [0, 0.1) is 5.41 Å². The number of nitrogens with two attached hydrogens (primary N) is 1. The van der Waals surface area contributed by atoms with Gasteiger partial charge in [-0.25, -0.2) is 0 Å². The Labute approximate surface area is 148 Å². The molecule has 5 heteroatoms. The van der Waals surface area contributed by atoms with Crippen molar-refractivity contribution in [3.8, 4) is 0 Å². The maximum Gasteiger partial charge on any atom is 0.232 e. The summed E-state index contributed by atoms with van der Waals surface area (Å²) in [6, 6.07) is 8.06. The molecular formula is C20H26N4O. The molecule has 0 spiro atoms. The number of fused-ring (bicyclic) bond motifs is 3. The zero-order valence-corrected chi connectivity index (χ0v) is 14.6. The van der Waals surface area contributed by atoms with Crippen LogP contribution >= 0.6 is 0 Å². The fraction of sp³-hybridized carbons (Fsp3) is 0.600. The Bertz CT molecular complexity index is 755. The largest absolute Gasteiger partial charge is 0.399 e. The summed E-state index contributed by atoms with van der Waals surface area (Å²) in [6.45, 7) is 1.03. The average molecular weight is 338 g/mol. The first-order valence-corrected chi connectivity index (χ1v) is 9.60. The molecule has 0 atom stereocenters. The maximum atomic E-state index is 5.89. The number of nitrogens with zero attached hydrogens (tertiary/aromatic N) is 2. The third-order valence-electron chi connectivity index (χ3n) is 6.79. The lowest BCUT2D eigenvalue weighted by Gasteiger charge is -2.52. The van der Waals surface area contributed by atoms with E-state index in [1.165, 1.54) is 51.4 Å². The van der Waals surface area contributed by atoms with E-state index in [4.69, 9.17) is 15.2 Å². The number of aromatic nitrogens is 2. The molecule has 1 aromatic heterocycles. The third-order valence-corrected chi connectivity index (χ3v) is 6.79. The van der Waals surface area contributed by atoms with Crippen molar-refractivity contribution in [3.05, 3.63) is 36.0 Å². The van der Waals surface area contributed by atoms with Crippen molar-refractivity contribution in [2.24, 2.45) is 5.41 Å². The molecule has 5 nitrogen and oxygen atoms in total. The molecule has 4 fully saturated rings. The van der Waals surface area contributed by atoms with Crippen LogP contribution in [0.15, 0.2) is 28.8 Å². The van der Waals surface area contributed by atoms with Gasteiger partial charge >= 0.3 is 0 Å². The molecule has 2 aromatic rings. The molecule has 4 aliphatic rings. The Hall–Kier alpha value is -2.04. The van der Waals surface area contributed by atoms with Gasteiger partial charge in [0.15, 0.2) is 5.82 Å². The van der Waals surface area contributed by atoms with Crippen LogP contribution in [-0.4, -0.2) is 16.7 Å². The zero-order valence-electron chi connectivity index (χ0n) is 14.6. The SMILES string of the molecule is Nc1cccc(NCC23CCC(c4nc(C5CC5)no4)(CC2)CC3)c1. The summed E-state index contributed by atoms with van der Waals surface area (Å²) in [5.74, 6) is 2.45. The lowest BCUT2D eigenvalue weighted by molar-refractivity contribution is 0.0322. The summed E-state index contributed by atoms with van der Waals surface area (Å²) in [7, 11) is 0. The number of hydrogen-bond donors (Lipinski definition) is 2. The highest BCUT2D eigenvalue weighted by molar-refractivity contribution is 5.54. The highest BCUT2D eigenvalue weighted by atomic mass is 16.5. The molecule has 132 valence electrons. The van der Waals surface area contributed by atoms with Gasteiger partial charge in [0.2, 0.25) is 5.89 Å². The number of benzene rings is 1. The Morgan fingerprint density at radius 3 is 2.56 bits per heavy atom. The molecule has 0 aliphatic heterocycles. The smallest absolute Gasteiger partial charge is 0.232 e. The van der Waals surface area contributed by atoms with E-state index in [1.807, 2.05) is 18.2 Å². The van der Waals surface area contributed by atoms with Crippen molar-refractivity contribution >= 4 is 11.4 Å². The second kappa shape index (κ2) is 5.48. The molecule has 1 heterocycles. The first-order valence-electron chi connectivity index (χ1n) is 9.60. The van der Waals surface area contributed by atoms with E-state index in [1.54, 1.807) is 0 Å². The quantitative estimate of drug-likeness (QED) is 0.798. The van der Waals surface area contributed by atoms with Crippen molar-refractivity contribution in [2.45, 2.75) is 62.7 Å². The minimum absolute atomic E-state index is 0.152. The highest BCUT2D eigenvalue weighted by Gasteiger charge is 2.52. The molecule has 4 saturated carbocycles. The zero-order chi connectivity index (χ0) is 16.9. The van der Waals surface area contributed by atoms with E-state index < -0.39 is 0 Å². The van der Waals surface area contributed by atoms with Gasteiger partial charge in [-0.3, -0.25) is 0 Å². The second-order valence-electron chi connectivity index (χ2n) is 8.49. The monoisotopic (exact) mass is 338 g/mol. The van der Waals surface area contributed by atoms with Crippen molar-refractivity contribution in [3.63, 3.8) is 0 Å². The van der Waals surface area contributed by atoms with Gasteiger partial charge in [-0.15, -0.1) is 0 Å². The summed E-state index contributed by atoms with van der Waals surface area (Å²) in [4.78, 5) is 4.78. The normalized spacial score (nSPS) is 31.2.